The van der Waals surface area contributed by atoms with E-state index in [-0.39, 0.29) is 29.9 Å². The van der Waals surface area contributed by atoms with Crippen molar-refractivity contribution in [2.45, 2.75) is 38.9 Å². The molecule has 2 N–H and O–H groups in total. The summed E-state index contributed by atoms with van der Waals surface area (Å²) in [6.07, 6.45) is 3.36. The number of guanidine groups is 1. The topological polar surface area (TPSA) is 66.0 Å². The predicted octanol–water partition coefficient (Wildman–Crippen LogP) is 2.42. The lowest BCUT2D eigenvalue weighted by Gasteiger charge is -2.23. The molecule has 28 heavy (non-hydrogen) atoms. The van der Waals surface area contributed by atoms with Crippen molar-refractivity contribution >= 4 is 35.8 Å². The minimum absolute atomic E-state index is 0. The summed E-state index contributed by atoms with van der Waals surface area (Å²) in [4.78, 5) is 19.4. The van der Waals surface area contributed by atoms with Gasteiger partial charge in [-0.2, -0.15) is 0 Å². The van der Waals surface area contributed by atoms with E-state index < -0.39 is 0 Å². The number of fused-ring (bicyclic) bond motifs is 5. The number of carbonyl (C=O) groups is 1. The van der Waals surface area contributed by atoms with E-state index in [0.717, 1.165) is 31.2 Å². The Balaban J connectivity index is 0.00000225. The molecule has 0 aliphatic carbocycles. The van der Waals surface area contributed by atoms with Gasteiger partial charge in [0, 0.05) is 43.6 Å². The lowest BCUT2D eigenvalue weighted by Crippen LogP contribution is -2.41. The standard InChI is InChI=1S/C21H30N4O2.HI/c1-3-22-21(25-12-16-17(13-25)19-8-7-18(16)27-19)24-10-9-23-20(26)15-6-4-5-14(2)11-15;/h4-6,11,16-19H,3,7-10,12-13H2,1-2H3,(H,22,24)(H,23,26);1H. The first-order valence-electron chi connectivity index (χ1n) is 10.2. The zero-order valence-electron chi connectivity index (χ0n) is 16.7. The van der Waals surface area contributed by atoms with Gasteiger partial charge < -0.3 is 20.3 Å². The highest BCUT2D eigenvalue weighted by Gasteiger charge is 2.53. The number of benzene rings is 1. The quantitative estimate of drug-likeness (QED) is 0.283. The van der Waals surface area contributed by atoms with Crippen molar-refractivity contribution < 1.29 is 9.53 Å². The van der Waals surface area contributed by atoms with E-state index in [9.17, 15) is 4.79 Å². The summed E-state index contributed by atoms with van der Waals surface area (Å²) in [5, 5.41) is 6.38. The Bertz CT molecular complexity index is 708. The summed E-state index contributed by atoms with van der Waals surface area (Å²) in [6.45, 7) is 8.13. The summed E-state index contributed by atoms with van der Waals surface area (Å²) < 4.78 is 6.07. The van der Waals surface area contributed by atoms with Crippen LogP contribution in [-0.2, 0) is 4.74 Å². The molecule has 0 saturated carbocycles. The van der Waals surface area contributed by atoms with Crippen LogP contribution in [0.4, 0.5) is 0 Å². The average Bonchev–Trinajstić information content (AvgIpc) is 3.37. The van der Waals surface area contributed by atoms with Crippen LogP contribution in [0.25, 0.3) is 0 Å². The van der Waals surface area contributed by atoms with E-state index in [4.69, 9.17) is 9.73 Å². The fraction of sp³-hybridized carbons (Fsp3) is 0.619. The number of halogens is 1. The van der Waals surface area contributed by atoms with E-state index in [2.05, 4.69) is 22.5 Å². The molecule has 3 fully saturated rings. The monoisotopic (exact) mass is 498 g/mol. The van der Waals surface area contributed by atoms with Gasteiger partial charge in [0.2, 0.25) is 0 Å². The minimum Gasteiger partial charge on any atom is -0.374 e. The van der Waals surface area contributed by atoms with Gasteiger partial charge >= 0.3 is 0 Å². The zero-order chi connectivity index (χ0) is 18.8. The van der Waals surface area contributed by atoms with E-state index in [0.29, 0.717) is 42.7 Å². The Labute approximate surface area is 184 Å². The van der Waals surface area contributed by atoms with Crippen molar-refractivity contribution in [3.63, 3.8) is 0 Å². The third-order valence-corrected chi connectivity index (χ3v) is 6.03. The molecule has 154 valence electrons. The molecule has 0 aromatic heterocycles. The third kappa shape index (κ3) is 4.45. The first-order chi connectivity index (χ1) is 13.2. The van der Waals surface area contributed by atoms with Crippen molar-refractivity contribution in [2.75, 3.05) is 32.7 Å². The van der Waals surface area contributed by atoms with Crippen LogP contribution in [0.2, 0.25) is 0 Å². The number of nitrogens with zero attached hydrogens (tertiary/aromatic N) is 2. The maximum absolute atomic E-state index is 12.2. The number of ether oxygens (including phenoxy) is 1. The molecular formula is C21H31IN4O2. The second-order valence-corrected chi connectivity index (χ2v) is 7.88. The number of rotatable bonds is 5. The highest BCUT2D eigenvalue weighted by atomic mass is 127. The van der Waals surface area contributed by atoms with Crippen LogP contribution in [0.1, 0.15) is 35.7 Å². The summed E-state index contributed by atoms with van der Waals surface area (Å²) in [7, 11) is 0. The summed E-state index contributed by atoms with van der Waals surface area (Å²) in [5.41, 5.74) is 1.79. The van der Waals surface area contributed by atoms with Crippen LogP contribution >= 0.6 is 24.0 Å². The molecule has 1 aromatic rings. The molecule has 3 aliphatic rings. The van der Waals surface area contributed by atoms with E-state index in [1.807, 2.05) is 31.2 Å². The van der Waals surface area contributed by atoms with Gasteiger partial charge in [0.05, 0.1) is 18.8 Å². The van der Waals surface area contributed by atoms with Gasteiger partial charge in [0.25, 0.3) is 5.91 Å². The second-order valence-electron chi connectivity index (χ2n) is 7.88. The van der Waals surface area contributed by atoms with Gasteiger partial charge in [-0.1, -0.05) is 17.7 Å². The second kappa shape index (κ2) is 9.43. The molecule has 6 nitrogen and oxygen atoms in total. The fourth-order valence-electron chi connectivity index (χ4n) is 4.78. The first-order valence-corrected chi connectivity index (χ1v) is 10.2. The van der Waals surface area contributed by atoms with Crippen LogP contribution in [0, 0.1) is 18.8 Å². The first kappa shape index (κ1) is 21.4. The van der Waals surface area contributed by atoms with Crippen molar-refractivity contribution in [2.24, 2.45) is 16.8 Å². The number of hydrogen-bond acceptors (Lipinski definition) is 3. The van der Waals surface area contributed by atoms with Crippen LogP contribution in [-0.4, -0.2) is 61.7 Å². The van der Waals surface area contributed by atoms with Gasteiger partial charge in [-0.05, 0) is 38.8 Å². The Kier molecular flexibility index (Phi) is 7.20. The molecule has 3 aliphatic heterocycles. The highest BCUT2D eigenvalue weighted by molar-refractivity contribution is 14.0. The molecule has 4 unspecified atom stereocenters. The SMILES string of the molecule is CCNC(=NCCNC(=O)c1cccc(C)c1)N1CC2C3CCC(O3)C2C1.I. The molecular weight excluding hydrogens is 467 g/mol. The lowest BCUT2D eigenvalue weighted by atomic mass is 9.82. The molecule has 4 atom stereocenters. The third-order valence-electron chi connectivity index (χ3n) is 6.03. The number of likely N-dealkylation sites (tertiary alicyclic amines) is 1. The van der Waals surface area contributed by atoms with Crippen LogP contribution < -0.4 is 10.6 Å². The summed E-state index contributed by atoms with van der Waals surface area (Å²) >= 11 is 0. The Morgan fingerprint density at radius 2 is 1.93 bits per heavy atom. The largest absolute Gasteiger partial charge is 0.374 e. The maximum Gasteiger partial charge on any atom is 0.251 e. The predicted molar refractivity (Wildman–Crippen MR) is 121 cm³/mol. The molecule has 3 heterocycles. The molecule has 2 bridgehead atoms. The molecule has 3 saturated heterocycles. The van der Waals surface area contributed by atoms with Gasteiger partial charge in [0.1, 0.15) is 0 Å². The lowest BCUT2D eigenvalue weighted by molar-refractivity contribution is 0.0767. The maximum atomic E-state index is 12.2. The fourth-order valence-corrected chi connectivity index (χ4v) is 4.78. The minimum atomic E-state index is -0.0386. The number of aliphatic imine (C=N–C) groups is 1. The van der Waals surface area contributed by atoms with Crippen LogP contribution in [0.3, 0.4) is 0 Å². The van der Waals surface area contributed by atoms with Crippen LogP contribution in [0.15, 0.2) is 29.3 Å². The highest BCUT2D eigenvalue weighted by Crippen LogP contribution is 2.47. The molecule has 4 rings (SSSR count). The summed E-state index contributed by atoms with van der Waals surface area (Å²) in [5.74, 6) is 2.25. The molecule has 1 amide bonds. The number of nitrogens with one attached hydrogen (secondary N) is 2. The van der Waals surface area contributed by atoms with Gasteiger partial charge in [-0.15, -0.1) is 24.0 Å². The Morgan fingerprint density at radius 3 is 2.57 bits per heavy atom. The van der Waals surface area contributed by atoms with E-state index in [1.165, 1.54) is 12.8 Å². The zero-order valence-corrected chi connectivity index (χ0v) is 19.0. The van der Waals surface area contributed by atoms with Crippen molar-refractivity contribution in [3.8, 4) is 0 Å². The normalized spacial score (nSPS) is 28.1. The van der Waals surface area contributed by atoms with Crippen LogP contribution in [0.5, 0.6) is 0 Å². The number of amides is 1. The number of hydrogen-bond donors (Lipinski definition) is 2. The molecule has 0 radical (unpaired) electrons. The van der Waals surface area contributed by atoms with Gasteiger partial charge in [-0.3, -0.25) is 9.79 Å². The van der Waals surface area contributed by atoms with Gasteiger partial charge in [0.15, 0.2) is 5.96 Å². The van der Waals surface area contributed by atoms with E-state index in [1.54, 1.807) is 0 Å². The number of aryl methyl sites for hydroxylation is 1. The van der Waals surface area contributed by atoms with Crippen molar-refractivity contribution in [1.82, 2.24) is 15.5 Å². The Morgan fingerprint density at radius 1 is 1.21 bits per heavy atom. The van der Waals surface area contributed by atoms with Gasteiger partial charge in [-0.25, -0.2) is 0 Å². The molecule has 1 aromatic carbocycles. The van der Waals surface area contributed by atoms with E-state index >= 15 is 0 Å². The average molecular weight is 498 g/mol. The number of carbonyl (C=O) groups excluding carboxylic acids is 1. The van der Waals surface area contributed by atoms with Crippen molar-refractivity contribution in [1.29, 1.82) is 0 Å². The smallest absolute Gasteiger partial charge is 0.251 e. The Hall–Kier alpha value is -1.35. The van der Waals surface area contributed by atoms with Crippen molar-refractivity contribution in [3.05, 3.63) is 35.4 Å². The molecule has 0 spiro atoms. The molecule has 7 heteroatoms. The summed E-state index contributed by atoms with van der Waals surface area (Å²) in [6, 6.07) is 7.65.